The van der Waals surface area contributed by atoms with E-state index in [9.17, 15) is 0 Å². The van der Waals surface area contributed by atoms with E-state index in [0.717, 1.165) is 11.3 Å². The van der Waals surface area contributed by atoms with Crippen LogP contribution in [-0.2, 0) is 0 Å². The van der Waals surface area contributed by atoms with Crippen LogP contribution in [0.3, 0.4) is 0 Å². The smallest absolute Gasteiger partial charge is 0.0429 e. The molecule has 0 saturated heterocycles. The Morgan fingerprint density at radius 1 is 1.23 bits per heavy atom. The van der Waals surface area contributed by atoms with E-state index < -0.39 is 0 Å². The fourth-order valence-electron chi connectivity index (χ4n) is 1.03. The lowest BCUT2D eigenvalue weighted by Crippen LogP contribution is -2.05. The van der Waals surface area contributed by atoms with E-state index in [2.05, 4.69) is 18.8 Å². The minimum atomic E-state index is 0. The Hall–Kier alpha value is -0.600. The highest BCUT2D eigenvalue weighted by molar-refractivity contribution is 5.85. The van der Waals surface area contributed by atoms with Gasteiger partial charge in [-0.15, -0.1) is 12.4 Å². The van der Waals surface area contributed by atoms with Crippen LogP contribution in [0.1, 0.15) is 44.0 Å². The van der Waals surface area contributed by atoms with Crippen LogP contribution in [0, 0.1) is 0 Å². The zero-order chi connectivity index (χ0) is 9.14. The molecule has 0 fully saturated rings. The van der Waals surface area contributed by atoms with Crippen molar-refractivity contribution in [2.24, 2.45) is 5.73 Å². The highest BCUT2D eigenvalue weighted by Gasteiger charge is 2.02. The summed E-state index contributed by atoms with van der Waals surface area (Å²) in [6.07, 6.45) is 1.86. The molecule has 0 amide bonds. The maximum atomic E-state index is 5.70. The van der Waals surface area contributed by atoms with Crippen molar-refractivity contribution in [2.45, 2.75) is 32.7 Å². The summed E-state index contributed by atoms with van der Waals surface area (Å²) in [6.45, 7) is 6.23. The lowest BCUT2D eigenvalue weighted by atomic mass is 10.1. The van der Waals surface area contributed by atoms with Crippen molar-refractivity contribution >= 4 is 12.4 Å². The van der Waals surface area contributed by atoms with Gasteiger partial charge in [0, 0.05) is 17.9 Å². The van der Waals surface area contributed by atoms with E-state index in [1.807, 2.05) is 25.3 Å². The normalized spacial score (nSPS) is 12.4. The molecular weight excluding hydrogens is 184 g/mol. The van der Waals surface area contributed by atoms with Crippen molar-refractivity contribution in [3.05, 3.63) is 29.6 Å². The molecule has 0 aliphatic rings. The van der Waals surface area contributed by atoms with Crippen LogP contribution in [0.5, 0.6) is 0 Å². The van der Waals surface area contributed by atoms with Gasteiger partial charge < -0.3 is 5.73 Å². The third-order valence-electron chi connectivity index (χ3n) is 1.93. The Labute approximate surface area is 86.0 Å². The molecule has 1 rings (SSSR count). The average molecular weight is 201 g/mol. The average Bonchev–Trinajstić information content (AvgIpc) is 2.04. The van der Waals surface area contributed by atoms with Crippen molar-refractivity contribution in [3.63, 3.8) is 0 Å². The van der Waals surface area contributed by atoms with E-state index in [1.54, 1.807) is 0 Å². The van der Waals surface area contributed by atoms with E-state index in [-0.39, 0.29) is 18.4 Å². The number of hydrogen-bond acceptors (Lipinski definition) is 2. The van der Waals surface area contributed by atoms with Crippen LogP contribution < -0.4 is 5.73 Å². The minimum Gasteiger partial charge on any atom is -0.324 e. The fraction of sp³-hybridized carbons (Fsp3) is 0.500. The molecule has 0 aromatic carbocycles. The van der Waals surface area contributed by atoms with Crippen LogP contribution in [0.2, 0.25) is 0 Å². The third-order valence-corrected chi connectivity index (χ3v) is 1.93. The van der Waals surface area contributed by atoms with E-state index >= 15 is 0 Å². The second-order valence-electron chi connectivity index (χ2n) is 3.46. The summed E-state index contributed by atoms with van der Waals surface area (Å²) in [4.78, 5) is 4.32. The zero-order valence-electron chi connectivity index (χ0n) is 8.32. The Morgan fingerprint density at radius 3 is 2.15 bits per heavy atom. The Morgan fingerprint density at radius 2 is 1.85 bits per heavy atom. The van der Waals surface area contributed by atoms with E-state index in [1.165, 1.54) is 0 Å². The lowest BCUT2D eigenvalue weighted by Gasteiger charge is -2.07. The van der Waals surface area contributed by atoms with Gasteiger partial charge in [0.15, 0.2) is 0 Å². The molecule has 0 saturated carbocycles. The number of halogens is 1. The summed E-state index contributed by atoms with van der Waals surface area (Å²) < 4.78 is 0. The molecule has 0 aliphatic carbocycles. The highest BCUT2D eigenvalue weighted by Crippen LogP contribution is 2.13. The first-order chi connectivity index (χ1) is 5.61. The van der Waals surface area contributed by atoms with Gasteiger partial charge in [-0.2, -0.15) is 0 Å². The van der Waals surface area contributed by atoms with Crippen molar-refractivity contribution in [3.8, 4) is 0 Å². The molecule has 1 heterocycles. The van der Waals surface area contributed by atoms with Gasteiger partial charge in [0.2, 0.25) is 0 Å². The van der Waals surface area contributed by atoms with Gasteiger partial charge in [0.1, 0.15) is 0 Å². The Bertz CT molecular complexity index is 215. The molecule has 2 N–H and O–H groups in total. The number of rotatable bonds is 2. The van der Waals surface area contributed by atoms with Crippen LogP contribution in [0.15, 0.2) is 18.3 Å². The predicted octanol–water partition coefficient (Wildman–Crippen LogP) is 2.65. The van der Waals surface area contributed by atoms with Gasteiger partial charge in [0.05, 0.1) is 0 Å². The van der Waals surface area contributed by atoms with Gasteiger partial charge in [-0.1, -0.05) is 19.9 Å². The van der Waals surface area contributed by atoms with Crippen LogP contribution in [0.25, 0.3) is 0 Å². The third kappa shape index (κ3) is 3.33. The first-order valence-electron chi connectivity index (χ1n) is 4.32. The first kappa shape index (κ1) is 12.4. The second kappa shape index (κ2) is 5.20. The summed E-state index contributed by atoms with van der Waals surface area (Å²) >= 11 is 0. The number of nitrogens with two attached hydrogens (primary N) is 1. The summed E-state index contributed by atoms with van der Waals surface area (Å²) in [6, 6.07) is 4.18. The molecule has 1 atom stereocenters. The van der Waals surface area contributed by atoms with Crippen molar-refractivity contribution in [2.75, 3.05) is 0 Å². The summed E-state index contributed by atoms with van der Waals surface area (Å²) in [5, 5.41) is 0. The van der Waals surface area contributed by atoms with Crippen LogP contribution >= 0.6 is 12.4 Å². The fourth-order valence-corrected chi connectivity index (χ4v) is 1.03. The first-order valence-corrected chi connectivity index (χ1v) is 4.32. The van der Waals surface area contributed by atoms with Gasteiger partial charge >= 0.3 is 0 Å². The minimum absolute atomic E-state index is 0. The molecule has 0 bridgehead atoms. The lowest BCUT2D eigenvalue weighted by molar-refractivity contribution is 0.785. The van der Waals surface area contributed by atoms with Gasteiger partial charge in [0.25, 0.3) is 0 Å². The largest absolute Gasteiger partial charge is 0.324 e. The highest BCUT2D eigenvalue weighted by atomic mass is 35.5. The molecule has 1 aromatic rings. The molecule has 0 spiro atoms. The van der Waals surface area contributed by atoms with Crippen molar-refractivity contribution in [1.82, 2.24) is 4.98 Å². The standard InChI is InChI=1S/C10H16N2.ClH/c1-7(2)10-5-4-9(6-12-10)8(3)11;/h4-8H,11H2,1-3H3;1H. The molecular formula is C10H17ClN2. The molecule has 0 aliphatic heterocycles. The number of aromatic nitrogens is 1. The zero-order valence-corrected chi connectivity index (χ0v) is 9.14. The van der Waals surface area contributed by atoms with Gasteiger partial charge in [-0.3, -0.25) is 4.98 Å². The number of hydrogen-bond donors (Lipinski definition) is 1. The maximum absolute atomic E-state index is 5.70. The molecule has 0 radical (unpaired) electrons. The molecule has 3 heteroatoms. The van der Waals surface area contributed by atoms with Crippen molar-refractivity contribution in [1.29, 1.82) is 0 Å². The molecule has 1 unspecified atom stereocenters. The van der Waals surface area contributed by atoms with Gasteiger partial charge in [-0.05, 0) is 24.5 Å². The van der Waals surface area contributed by atoms with E-state index in [4.69, 9.17) is 5.73 Å². The summed E-state index contributed by atoms with van der Waals surface area (Å²) in [5.74, 6) is 0.493. The monoisotopic (exact) mass is 200 g/mol. The Balaban J connectivity index is 0.00000144. The Kier molecular flexibility index (Phi) is 4.96. The SMILES string of the molecule is CC(C)c1ccc(C(C)N)cn1.Cl. The summed E-state index contributed by atoms with van der Waals surface area (Å²) in [7, 11) is 0. The quantitative estimate of drug-likeness (QED) is 0.797. The van der Waals surface area contributed by atoms with Gasteiger partial charge in [-0.25, -0.2) is 0 Å². The molecule has 1 aromatic heterocycles. The van der Waals surface area contributed by atoms with E-state index in [0.29, 0.717) is 5.92 Å². The van der Waals surface area contributed by atoms with Crippen LogP contribution in [-0.4, -0.2) is 4.98 Å². The second-order valence-corrected chi connectivity index (χ2v) is 3.46. The molecule has 74 valence electrons. The number of pyridine rings is 1. The molecule has 13 heavy (non-hydrogen) atoms. The predicted molar refractivity (Wildman–Crippen MR) is 58.2 cm³/mol. The van der Waals surface area contributed by atoms with Crippen molar-refractivity contribution < 1.29 is 0 Å². The topological polar surface area (TPSA) is 38.9 Å². The number of nitrogens with zero attached hydrogens (tertiary/aromatic N) is 1. The van der Waals surface area contributed by atoms with Crippen LogP contribution in [0.4, 0.5) is 0 Å². The maximum Gasteiger partial charge on any atom is 0.0429 e. The summed E-state index contributed by atoms with van der Waals surface area (Å²) in [5.41, 5.74) is 7.92. The molecule has 2 nitrogen and oxygen atoms in total.